The van der Waals surface area contributed by atoms with Crippen LogP contribution < -0.4 is 10.6 Å². The smallest absolute Gasteiger partial charge is 0.221 e. The fraction of sp³-hybridized carbons (Fsp3) is 0.385. The van der Waals surface area contributed by atoms with Crippen molar-refractivity contribution < 1.29 is 14.7 Å². The van der Waals surface area contributed by atoms with Gasteiger partial charge in [-0.05, 0) is 5.56 Å². The van der Waals surface area contributed by atoms with Gasteiger partial charge in [-0.25, -0.2) is 0 Å². The molecule has 1 rings (SSSR count). The monoisotopic (exact) mass is 250 g/mol. The number of carbonyl (C=O) groups is 2. The molecule has 18 heavy (non-hydrogen) atoms. The number of rotatable bonds is 6. The molecule has 0 spiro atoms. The van der Waals surface area contributed by atoms with Crippen molar-refractivity contribution in [1.82, 2.24) is 10.6 Å². The molecule has 0 heterocycles. The number of nitrogens with one attached hydrogen (secondary N) is 2. The number of amides is 2. The van der Waals surface area contributed by atoms with E-state index in [0.29, 0.717) is 6.54 Å². The van der Waals surface area contributed by atoms with Crippen LogP contribution in [0.5, 0.6) is 0 Å². The van der Waals surface area contributed by atoms with Crippen LogP contribution in [0.2, 0.25) is 0 Å². The Hall–Kier alpha value is -1.88. The highest BCUT2D eigenvalue weighted by Gasteiger charge is 2.08. The first kappa shape index (κ1) is 14.2. The van der Waals surface area contributed by atoms with Crippen LogP contribution in [0.15, 0.2) is 30.3 Å². The van der Waals surface area contributed by atoms with E-state index >= 15 is 0 Å². The van der Waals surface area contributed by atoms with E-state index in [0.717, 1.165) is 5.56 Å². The van der Waals surface area contributed by atoms with Gasteiger partial charge < -0.3 is 15.7 Å². The van der Waals surface area contributed by atoms with Crippen LogP contribution in [-0.4, -0.2) is 30.0 Å². The molecular weight excluding hydrogens is 232 g/mol. The second-order valence-corrected chi connectivity index (χ2v) is 3.96. The lowest BCUT2D eigenvalue weighted by Crippen LogP contribution is -2.32. The minimum absolute atomic E-state index is 0.160. The van der Waals surface area contributed by atoms with E-state index in [1.807, 2.05) is 18.2 Å². The zero-order valence-corrected chi connectivity index (χ0v) is 10.3. The second kappa shape index (κ2) is 7.45. The minimum atomic E-state index is -0.712. The first-order valence-electron chi connectivity index (χ1n) is 5.83. The van der Waals surface area contributed by atoms with Gasteiger partial charge in [0.1, 0.15) is 0 Å². The van der Waals surface area contributed by atoms with Crippen LogP contribution >= 0.6 is 0 Å². The van der Waals surface area contributed by atoms with Gasteiger partial charge in [0.15, 0.2) is 0 Å². The number of benzene rings is 1. The Bertz CT molecular complexity index is 392. The molecule has 3 N–H and O–H groups in total. The maximum Gasteiger partial charge on any atom is 0.221 e. The van der Waals surface area contributed by atoms with Crippen LogP contribution in [0, 0.1) is 0 Å². The number of aliphatic hydroxyl groups excluding tert-OH is 1. The molecule has 0 aliphatic carbocycles. The molecule has 98 valence electrons. The molecule has 0 aromatic heterocycles. The number of hydrogen-bond donors (Lipinski definition) is 3. The zero-order valence-electron chi connectivity index (χ0n) is 10.3. The maximum absolute atomic E-state index is 11.4. The molecule has 5 nitrogen and oxygen atoms in total. The van der Waals surface area contributed by atoms with Crippen molar-refractivity contribution in [2.24, 2.45) is 0 Å². The summed E-state index contributed by atoms with van der Waals surface area (Å²) >= 11 is 0. The van der Waals surface area contributed by atoms with Crippen molar-refractivity contribution in [3.63, 3.8) is 0 Å². The highest BCUT2D eigenvalue weighted by atomic mass is 16.3. The standard InChI is InChI=1S/C13H18N2O3/c1-10(16)14-8-7-13(18)15-9-12(17)11-5-3-2-4-6-11/h2-6,12,17H,7-9H2,1H3,(H,14,16)(H,15,18). The predicted molar refractivity (Wildman–Crippen MR) is 67.7 cm³/mol. The van der Waals surface area contributed by atoms with Crippen LogP contribution in [-0.2, 0) is 9.59 Å². The van der Waals surface area contributed by atoms with Gasteiger partial charge in [-0.1, -0.05) is 30.3 Å². The average molecular weight is 250 g/mol. The van der Waals surface area contributed by atoms with Gasteiger partial charge in [-0.2, -0.15) is 0 Å². The molecule has 1 aromatic rings. The zero-order chi connectivity index (χ0) is 13.4. The molecule has 0 fully saturated rings. The van der Waals surface area contributed by atoms with E-state index in [4.69, 9.17) is 0 Å². The molecule has 5 heteroatoms. The number of carbonyl (C=O) groups excluding carboxylic acids is 2. The third-order valence-electron chi connectivity index (χ3n) is 2.40. The fourth-order valence-electron chi connectivity index (χ4n) is 1.44. The Labute approximate surface area is 106 Å². The second-order valence-electron chi connectivity index (χ2n) is 3.96. The molecule has 0 aliphatic rings. The summed E-state index contributed by atoms with van der Waals surface area (Å²) in [4.78, 5) is 22.0. The normalized spacial score (nSPS) is 11.7. The van der Waals surface area contributed by atoms with Crippen LogP contribution in [0.1, 0.15) is 25.0 Å². The predicted octanol–water partition coefficient (Wildman–Crippen LogP) is 0.362. The summed E-state index contributed by atoms with van der Waals surface area (Å²) < 4.78 is 0. The van der Waals surface area contributed by atoms with Crippen LogP contribution in [0.4, 0.5) is 0 Å². The van der Waals surface area contributed by atoms with Gasteiger partial charge in [0, 0.05) is 26.4 Å². The maximum atomic E-state index is 11.4. The molecular formula is C13H18N2O3. The van der Waals surface area contributed by atoms with E-state index in [9.17, 15) is 14.7 Å². The summed E-state index contributed by atoms with van der Waals surface area (Å²) in [5.41, 5.74) is 0.764. The molecule has 0 bridgehead atoms. The topological polar surface area (TPSA) is 78.4 Å². The van der Waals surface area contributed by atoms with Crippen molar-refractivity contribution in [2.45, 2.75) is 19.4 Å². The van der Waals surface area contributed by atoms with E-state index < -0.39 is 6.10 Å². The van der Waals surface area contributed by atoms with Crippen LogP contribution in [0.3, 0.4) is 0 Å². The van der Waals surface area contributed by atoms with E-state index in [1.54, 1.807) is 12.1 Å². The molecule has 0 aliphatic heterocycles. The Morgan fingerprint density at radius 3 is 2.50 bits per heavy atom. The van der Waals surface area contributed by atoms with E-state index in [-0.39, 0.29) is 24.8 Å². The van der Waals surface area contributed by atoms with E-state index in [1.165, 1.54) is 6.92 Å². The van der Waals surface area contributed by atoms with Crippen molar-refractivity contribution >= 4 is 11.8 Å². The summed E-state index contributed by atoms with van der Waals surface area (Å²) in [6, 6.07) is 9.12. The lowest BCUT2D eigenvalue weighted by molar-refractivity contribution is -0.122. The van der Waals surface area contributed by atoms with Gasteiger partial charge >= 0.3 is 0 Å². The molecule has 0 saturated carbocycles. The average Bonchev–Trinajstić information content (AvgIpc) is 2.36. The van der Waals surface area contributed by atoms with Gasteiger partial charge in [0.25, 0.3) is 0 Å². The molecule has 2 amide bonds. The van der Waals surface area contributed by atoms with Crippen molar-refractivity contribution in [2.75, 3.05) is 13.1 Å². The fourth-order valence-corrected chi connectivity index (χ4v) is 1.44. The summed E-state index contributed by atoms with van der Waals surface area (Å²) in [6.45, 7) is 1.88. The van der Waals surface area contributed by atoms with Crippen molar-refractivity contribution in [3.8, 4) is 0 Å². The SMILES string of the molecule is CC(=O)NCCC(=O)NCC(O)c1ccccc1. The van der Waals surface area contributed by atoms with Gasteiger partial charge in [0.2, 0.25) is 11.8 Å². The van der Waals surface area contributed by atoms with Crippen molar-refractivity contribution in [1.29, 1.82) is 0 Å². The van der Waals surface area contributed by atoms with Gasteiger partial charge in [0.05, 0.1) is 6.10 Å². The molecule has 1 unspecified atom stereocenters. The summed E-state index contributed by atoms with van der Waals surface area (Å²) in [6.07, 6.45) is -0.503. The summed E-state index contributed by atoms with van der Waals surface area (Å²) in [5.74, 6) is -0.356. The Morgan fingerprint density at radius 2 is 1.89 bits per heavy atom. The number of hydrogen-bond acceptors (Lipinski definition) is 3. The van der Waals surface area contributed by atoms with Gasteiger partial charge in [-0.15, -0.1) is 0 Å². The highest BCUT2D eigenvalue weighted by Crippen LogP contribution is 2.10. The molecule has 1 aromatic carbocycles. The molecule has 0 saturated heterocycles. The third kappa shape index (κ3) is 5.45. The van der Waals surface area contributed by atoms with Crippen molar-refractivity contribution in [3.05, 3.63) is 35.9 Å². The molecule has 1 atom stereocenters. The number of aliphatic hydroxyl groups is 1. The lowest BCUT2D eigenvalue weighted by atomic mass is 10.1. The first-order valence-corrected chi connectivity index (χ1v) is 5.83. The largest absolute Gasteiger partial charge is 0.387 e. The summed E-state index contributed by atoms with van der Waals surface area (Å²) in [7, 11) is 0. The Balaban J connectivity index is 2.24. The Morgan fingerprint density at radius 1 is 1.22 bits per heavy atom. The first-order chi connectivity index (χ1) is 8.59. The molecule has 0 radical (unpaired) electrons. The van der Waals surface area contributed by atoms with E-state index in [2.05, 4.69) is 10.6 Å². The third-order valence-corrected chi connectivity index (χ3v) is 2.40. The lowest BCUT2D eigenvalue weighted by Gasteiger charge is -2.12. The van der Waals surface area contributed by atoms with Crippen LogP contribution in [0.25, 0.3) is 0 Å². The van der Waals surface area contributed by atoms with Gasteiger partial charge in [-0.3, -0.25) is 9.59 Å². The minimum Gasteiger partial charge on any atom is -0.387 e. The Kier molecular flexibility index (Phi) is 5.87. The highest BCUT2D eigenvalue weighted by molar-refractivity contribution is 5.77. The summed E-state index contributed by atoms with van der Waals surface area (Å²) in [5, 5.41) is 14.9. The quantitative estimate of drug-likeness (QED) is 0.682.